The van der Waals surface area contributed by atoms with Crippen LogP contribution in [0.3, 0.4) is 0 Å². The van der Waals surface area contributed by atoms with Crippen molar-refractivity contribution in [2.45, 2.75) is 12.3 Å². The molecule has 0 bridgehead atoms. The van der Waals surface area contributed by atoms with Crippen molar-refractivity contribution < 1.29 is 27.8 Å². The highest BCUT2D eigenvalue weighted by atomic mass is 19.4. The van der Waals surface area contributed by atoms with E-state index in [0.29, 0.717) is 7.11 Å². The second kappa shape index (κ2) is 2.87. The molecule has 0 rings (SSSR count). The first-order valence-corrected chi connectivity index (χ1v) is 2.22. The van der Waals surface area contributed by atoms with Gasteiger partial charge in [-0.3, -0.25) is 0 Å². The SMILES string of the molecule is CO[C@H](C(=O)O)C(F)(F)F. The van der Waals surface area contributed by atoms with E-state index >= 15 is 0 Å². The van der Waals surface area contributed by atoms with Gasteiger partial charge in [0.05, 0.1) is 0 Å². The second-order valence-corrected chi connectivity index (χ2v) is 1.50. The molecule has 0 spiro atoms. The predicted octanol–water partition coefficient (Wildman–Crippen LogP) is 0.648. The van der Waals surface area contributed by atoms with E-state index in [-0.39, 0.29) is 0 Å². The lowest BCUT2D eigenvalue weighted by molar-refractivity contribution is -0.221. The van der Waals surface area contributed by atoms with Gasteiger partial charge in [-0.1, -0.05) is 0 Å². The Labute approximate surface area is 54.4 Å². The molecule has 0 amide bonds. The maximum absolute atomic E-state index is 11.5. The maximum atomic E-state index is 11.5. The van der Waals surface area contributed by atoms with Crippen molar-refractivity contribution in [3.63, 3.8) is 0 Å². The number of carboxylic acid groups (broad SMARTS) is 1. The first-order chi connectivity index (χ1) is 4.39. The number of aliphatic carboxylic acids is 1. The molecule has 0 aromatic rings. The normalized spacial score (nSPS) is 14.8. The summed E-state index contributed by atoms with van der Waals surface area (Å²) in [7, 11) is 0.687. The van der Waals surface area contributed by atoms with Crippen molar-refractivity contribution >= 4 is 5.97 Å². The third-order valence-corrected chi connectivity index (χ3v) is 0.757. The molecule has 1 N–H and O–H groups in total. The number of hydrogen-bond donors (Lipinski definition) is 1. The molecule has 0 unspecified atom stereocenters. The van der Waals surface area contributed by atoms with Gasteiger partial charge < -0.3 is 9.84 Å². The highest BCUT2D eigenvalue weighted by molar-refractivity contribution is 5.73. The van der Waals surface area contributed by atoms with Crippen molar-refractivity contribution in [3.05, 3.63) is 0 Å². The highest BCUT2D eigenvalue weighted by Gasteiger charge is 2.45. The molecule has 0 saturated carbocycles. The minimum Gasteiger partial charge on any atom is -0.479 e. The van der Waals surface area contributed by atoms with E-state index < -0.39 is 18.2 Å². The quantitative estimate of drug-likeness (QED) is 0.641. The van der Waals surface area contributed by atoms with Crippen molar-refractivity contribution in [2.75, 3.05) is 7.11 Å². The van der Waals surface area contributed by atoms with Crippen molar-refractivity contribution in [2.24, 2.45) is 0 Å². The van der Waals surface area contributed by atoms with Crippen LogP contribution in [-0.2, 0) is 9.53 Å². The van der Waals surface area contributed by atoms with E-state index in [9.17, 15) is 18.0 Å². The monoisotopic (exact) mass is 158 g/mol. The fraction of sp³-hybridized carbons (Fsp3) is 0.750. The van der Waals surface area contributed by atoms with Gasteiger partial charge in [0.15, 0.2) is 0 Å². The summed E-state index contributed by atoms with van der Waals surface area (Å²) in [5.41, 5.74) is 0. The van der Waals surface area contributed by atoms with Crippen molar-refractivity contribution in [3.8, 4) is 0 Å². The molecule has 0 aromatic carbocycles. The summed E-state index contributed by atoms with van der Waals surface area (Å²) in [5.74, 6) is -2.03. The molecular formula is C4H5F3O3. The highest BCUT2D eigenvalue weighted by Crippen LogP contribution is 2.22. The van der Waals surface area contributed by atoms with Gasteiger partial charge in [0.2, 0.25) is 0 Å². The summed E-state index contributed by atoms with van der Waals surface area (Å²) >= 11 is 0. The maximum Gasteiger partial charge on any atom is 0.425 e. The van der Waals surface area contributed by atoms with E-state index in [1.807, 2.05) is 0 Å². The van der Waals surface area contributed by atoms with E-state index in [0.717, 1.165) is 0 Å². The van der Waals surface area contributed by atoms with Crippen LogP contribution in [0, 0.1) is 0 Å². The molecule has 60 valence electrons. The fourth-order valence-electron chi connectivity index (χ4n) is 0.374. The Bertz CT molecular complexity index is 130. The zero-order valence-electron chi connectivity index (χ0n) is 4.97. The number of carboxylic acids is 1. The first-order valence-electron chi connectivity index (χ1n) is 2.22. The van der Waals surface area contributed by atoms with E-state index in [1.54, 1.807) is 0 Å². The summed E-state index contributed by atoms with van der Waals surface area (Å²) in [4.78, 5) is 9.73. The number of rotatable bonds is 2. The average Bonchev–Trinajstić information content (AvgIpc) is 1.60. The van der Waals surface area contributed by atoms with Crippen LogP contribution in [0.5, 0.6) is 0 Å². The van der Waals surface area contributed by atoms with Crippen LogP contribution in [-0.4, -0.2) is 30.5 Å². The van der Waals surface area contributed by atoms with Crippen LogP contribution < -0.4 is 0 Å². The molecule has 1 atom stereocenters. The lowest BCUT2D eigenvalue weighted by Gasteiger charge is -2.12. The zero-order valence-corrected chi connectivity index (χ0v) is 4.97. The number of ether oxygens (including phenoxy) is 1. The second-order valence-electron chi connectivity index (χ2n) is 1.50. The minimum absolute atomic E-state index is 0.687. The molecule has 0 aliphatic rings. The summed E-state index contributed by atoms with van der Waals surface area (Å²) < 4.78 is 38.0. The molecule has 0 saturated heterocycles. The van der Waals surface area contributed by atoms with Crippen molar-refractivity contribution in [1.29, 1.82) is 0 Å². The Balaban J connectivity index is 4.22. The van der Waals surface area contributed by atoms with Crippen LogP contribution >= 0.6 is 0 Å². The van der Waals surface area contributed by atoms with Gasteiger partial charge in [-0.2, -0.15) is 13.2 Å². The molecule has 0 aliphatic carbocycles. The molecule has 0 aliphatic heterocycles. The molecular weight excluding hydrogens is 153 g/mol. The first kappa shape index (κ1) is 9.22. The number of hydrogen-bond acceptors (Lipinski definition) is 2. The Hall–Kier alpha value is -0.780. The van der Waals surface area contributed by atoms with E-state index in [4.69, 9.17) is 5.11 Å². The van der Waals surface area contributed by atoms with Gasteiger partial charge in [-0.25, -0.2) is 4.79 Å². The molecule has 0 radical (unpaired) electrons. The lowest BCUT2D eigenvalue weighted by Crippen LogP contribution is -2.37. The van der Waals surface area contributed by atoms with Crippen LogP contribution in [0.15, 0.2) is 0 Å². The molecule has 0 aromatic heterocycles. The summed E-state index contributed by atoms with van der Waals surface area (Å²) in [6.45, 7) is 0. The summed E-state index contributed by atoms with van der Waals surface area (Å²) in [6.07, 6.45) is -7.55. The number of halogens is 3. The third kappa shape index (κ3) is 2.22. The lowest BCUT2D eigenvalue weighted by atomic mass is 10.3. The Morgan fingerprint density at radius 2 is 2.00 bits per heavy atom. The molecule has 0 fully saturated rings. The van der Waals surface area contributed by atoms with Gasteiger partial charge in [0, 0.05) is 7.11 Å². The molecule has 6 heteroatoms. The summed E-state index contributed by atoms with van der Waals surface area (Å²) in [5, 5.41) is 7.86. The zero-order chi connectivity index (χ0) is 8.36. The third-order valence-electron chi connectivity index (χ3n) is 0.757. The van der Waals surface area contributed by atoms with Gasteiger partial charge >= 0.3 is 12.1 Å². The Morgan fingerprint density at radius 3 is 2.00 bits per heavy atom. The summed E-state index contributed by atoms with van der Waals surface area (Å²) in [6, 6.07) is 0. The Morgan fingerprint density at radius 1 is 1.60 bits per heavy atom. The molecule has 0 heterocycles. The fourth-order valence-corrected chi connectivity index (χ4v) is 0.374. The smallest absolute Gasteiger partial charge is 0.425 e. The number of carbonyl (C=O) groups is 1. The van der Waals surface area contributed by atoms with Gasteiger partial charge in [-0.05, 0) is 0 Å². The number of methoxy groups -OCH3 is 1. The van der Waals surface area contributed by atoms with Crippen molar-refractivity contribution in [1.82, 2.24) is 0 Å². The minimum atomic E-state index is -4.83. The van der Waals surface area contributed by atoms with Gasteiger partial charge in [0.25, 0.3) is 6.10 Å². The van der Waals surface area contributed by atoms with Gasteiger partial charge in [0.1, 0.15) is 0 Å². The largest absolute Gasteiger partial charge is 0.479 e. The average molecular weight is 158 g/mol. The number of alkyl halides is 3. The van der Waals surface area contributed by atoms with Crippen LogP contribution in [0.2, 0.25) is 0 Å². The van der Waals surface area contributed by atoms with Gasteiger partial charge in [-0.15, -0.1) is 0 Å². The van der Waals surface area contributed by atoms with E-state index in [2.05, 4.69) is 4.74 Å². The van der Waals surface area contributed by atoms with Crippen LogP contribution in [0.25, 0.3) is 0 Å². The molecule has 3 nitrogen and oxygen atoms in total. The van der Waals surface area contributed by atoms with Crippen LogP contribution in [0.1, 0.15) is 0 Å². The predicted molar refractivity (Wildman–Crippen MR) is 24.5 cm³/mol. The molecule has 10 heavy (non-hydrogen) atoms. The topological polar surface area (TPSA) is 46.5 Å². The standard InChI is InChI=1S/C4H5F3O3/c1-10-2(3(8)9)4(5,6)7/h2H,1H3,(H,8,9)/t2-/m1/s1. The van der Waals surface area contributed by atoms with Crippen LogP contribution in [0.4, 0.5) is 13.2 Å². The Kier molecular flexibility index (Phi) is 2.65. The van der Waals surface area contributed by atoms with E-state index in [1.165, 1.54) is 0 Å².